The number of rotatable bonds is 11. The number of pyridine rings is 1. The number of alkyl carbamates (subject to hydrolysis) is 1. The van der Waals surface area contributed by atoms with E-state index in [0.29, 0.717) is 30.3 Å². The Bertz CT molecular complexity index is 1340. The Hall–Kier alpha value is -2.58. The monoisotopic (exact) mass is 675 g/mol. The molecule has 0 aliphatic rings. The third-order valence-electron chi connectivity index (χ3n) is 5.39. The van der Waals surface area contributed by atoms with Gasteiger partial charge in [-0.15, -0.1) is 0 Å². The number of carboxylic acid groups (broad SMARTS) is 1. The van der Waals surface area contributed by atoms with Gasteiger partial charge in [-0.1, -0.05) is 6.07 Å². The Kier molecular flexibility index (Phi) is 10.1. The van der Waals surface area contributed by atoms with Crippen molar-refractivity contribution < 1.29 is 33.3 Å². The molecule has 0 fully saturated rings. The van der Waals surface area contributed by atoms with E-state index in [4.69, 9.17) is 14.2 Å². The van der Waals surface area contributed by atoms with Gasteiger partial charge in [0.25, 0.3) is 0 Å². The van der Waals surface area contributed by atoms with Gasteiger partial charge in [0, 0.05) is 28.1 Å². The number of hydrogen-bond donors (Lipinski definition) is 2. The normalized spacial score (nSPS) is 13.2. The average molecular weight is 676 g/mol. The van der Waals surface area contributed by atoms with Crippen molar-refractivity contribution in [1.29, 1.82) is 0 Å². The highest BCUT2D eigenvalue weighted by Gasteiger charge is 2.25. The van der Waals surface area contributed by atoms with Gasteiger partial charge in [-0.05, 0) is 85.9 Å². The van der Waals surface area contributed by atoms with Gasteiger partial charge in [0.15, 0.2) is 11.6 Å². The number of aliphatic carboxylic acids is 1. The van der Waals surface area contributed by atoms with Crippen LogP contribution in [0.1, 0.15) is 26.3 Å². The molecule has 0 aliphatic heterocycles. The summed E-state index contributed by atoms with van der Waals surface area (Å²) < 4.78 is 34.8. The molecule has 214 valence electrons. The minimum Gasteiger partial charge on any atom is -0.480 e. The molecule has 39 heavy (non-hydrogen) atoms. The van der Waals surface area contributed by atoms with Crippen LogP contribution in [0.2, 0.25) is 0 Å². The van der Waals surface area contributed by atoms with E-state index in [9.17, 15) is 14.7 Å². The number of carbonyl (C=O) groups excluding carboxylic acids is 1. The second-order valence-corrected chi connectivity index (χ2v) is 16.6. The smallest absolute Gasteiger partial charge is 0.408 e. The molecular weight excluding hydrogens is 640 g/mol. The van der Waals surface area contributed by atoms with E-state index < -0.39 is 39.6 Å². The van der Waals surface area contributed by atoms with Crippen molar-refractivity contribution >= 4 is 55.7 Å². The Labute approximate surface area is 242 Å². The zero-order chi connectivity index (χ0) is 29.0. The number of ether oxygens (including phenoxy) is 3. The number of carboxylic acids is 1. The lowest BCUT2D eigenvalue weighted by atomic mass is 10.1. The SMILES string of the molecule is CC(C)(C)OC(=O)N[C@@H](Cc1ccc(Oc2ccnc3c2c(I)cn3COCCS(C)(C)C)c(F)c1)C(=O)O. The molecule has 2 heterocycles. The Balaban J connectivity index is 1.74. The minimum absolute atomic E-state index is 0.0221. The van der Waals surface area contributed by atoms with Gasteiger partial charge in [-0.3, -0.25) is 0 Å². The summed E-state index contributed by atoms with van der Waals surface area (Å²) in [6.45, 7) is 6.01. The van der Waals surface area contributed by atoms with E-state index >= 15 is 4.39 Å². The van der Waals surface area contributed by atoms with Crippen LogP contribution in [0.4, 0.5) is 9.18 Å². The molecule has 9 nitrogen and oxygen atoms in total. The topological polar surface area (TPSA) is 112 Å². The molecule has 0 bridgehead atoms. The van der Waals surface area contributed by atoms with Crippen molar-refractivity contribution in [3.05, 3.63) is 51.6 Å². The number of amides is 1. The first-order valence-corrected chi connectivity index (χ1v) is 16.3. The summed E-state index contributed by atoms with van der Waals surface area (Å²) in [4.78, 5) is 28.2. The van der Waals surface area contributed by atoms with E-state index in [1.54, 1.807) is 39.1 Å². The third kappa shape index (κ3) is 9.24. The Morgan fingerprint density at radius 1 is 1.21 bits per heavy atom. The van der Waals surface area contributed by atoms with Crippen LogP contribution >= 0.6 is 32.6 Å². The van der Waals surface area contributed by atoms with Gasteiger partial charge in [-0.2, -0.15) is 0 Å². The number of hydrogen-bond acceptors (Lipinski definition) is 6. The summed E-state index contributed by atoms with van der Waals surface area (Å²) in [5.74, 6) is -0.509. The molecule has 3 rings (SSSR count). The first-order chi connectivity index (χ1) is 18.1. The summed E-state index contributed by atoms with van der Waals surface area (Å²) in [6.07, 6.45) is 9.24. The maximum Gasteiger partial charge on any atom is 0.408 e. The molecule has 0 saturated carbocycles. The fraction of sp³-hybridized carbons (Fsp3) is 0.444. The molecule has 0 saturated heterocycles. The zero-order valence-electron chi connectivity index (χ0n) is 22.9. The number of aromatic nitrogens is 2. The fourth-order valence-electron chi connectivity index (χ4n) is 3.55. The predicted octanol–water partition coefficient (Wildman–Crippen LogP) is 5.76. The van der Waals surface area contributed by atoms with Gasteiger partial charge in [0.05, 0.1) is 12.0 Å². The lowest BCUT2D eigenvalue weighted by Gasteiger charge is -2.24. The fourth-order valence-corrected chi connectivity index (χ4v) is 5.01. The average Bonchev–Trinajstić information content (AvgIpc) is 3.12. The molecule has 12 heteroatoms. The van der Waals surface area contributed by atoms with E-state index in [0.717, 1.165) is 14.7 Å². The lowest BCUT2D eigenvalue weighted by Crippen LogP contribution is -2.44. The first-order valence-electron chi connectivity index (χ1n) is 12.2. The standard InChI is InChI=1S/C27H35FIN3O6S/c1-27(2,3)38-26(35)31-20(25(33)34)14-17-7-8-21(18(28)13-17)37-22-9-10-30-24-23(22)19(29)15-32(24)16-36-11-12-39(4,5)6/h7-10,13,15,20H,11-12,14,16H2,1-6H3,(H,31,35)(H,33,34)/t20-/m0/s1. The highest BCUT2D eigenvalue weighted by molar-refractivity contribution is 14.1. The van der Waals surface area contributed by atoms with Crippen LogP contribution in [0.5, 0.6) is 11.5 Å². The largest absolute Gasteiger partial charge is 0.480 e. The molecular formula is C27H35FIN3O6S. The van der Waals surface area contributed by atoms with E-state index in [1.165, 1.54) is 12.1 Å². The van der Waals surface area contributed by atoms with Crippen molar-refractivity contribution in [2.24, 2.45) is 0 Å². The Morgan fingerprint density at radius 2 is 1.92 bits per heavy atom. The van der Waals surface area contributed by atoms with Gasteiger partial charge in [0.1, 0.15) is 29.8 Å². The summed E-state index contributed by atoms with van der Waals surface area (Å²) in [7, 11) is -0.648. The van der Waals surface area contributed by atoms with Gasteiger partial charge in [-0.25, -0.2) is 29.0 Å². The zero-order valence-corrected chi connectivity index (χ0v) is 25.9. The molecule has 1 atom stereocenters. The summed E-state index contributed by atoms with van der Waals surface area (Å²) >= 11 is 2.19. The van der Waals surface area contributed by atoms with Crippen LogP contribution in [-0.2, 0) is 27.4 Å². The van der Waals surface area contributed by atoms with Gasteiger partial charge < -0.3 is 29.2 Å². The maximum absolute atomic E-state index is 15.1. The molecule has 1 amide bonds. The van der Waals surface area contributed by atoms with Crippen molar-refractivity contribution in [3.63, 3.8) is 0 Å². The number of benzene rings is 1. The summed E-state index contributed by atoms with van der Waals surface area (Å²) in [6, 6.07) is 4.56. The van der Waals surface area contributed by atoms with Crippen LogP contribution in [0.25, 0.3) is 11.0 Å². The quantitative estimate of drug-likeness (QED) is 0.196. The second-order valence-electron chi connectivity index (χ2n) is 10.9. The van der Waals surface area contributed by atoms with Gasteiger partial charge >= 0.3 is 12.1 Å². The van der Waals surface area contributed by atoms with Crippen LogP contribution < -0.4 is 10.1 Å². The lowest BCUT2D eigenvalue weighted by molar-refractivity contribution is -0.139. The van der Waals surface area contributed by atoms with Crippen LogP contribution in [-0.4, -0.2) is 69.5 Å². The van der Waals surface area contributed by atoms with E-state index in [2.05, 4.69) is 51.7 Å². The number of fused-ring (bicyclic) bond motifs is 1. The van der Waals surface area contributed by atoms with Crippen molar-refractivity contribution in [3.8, 4) is 11.5 Å². The molecule has 0 spiro atoms. The molecule has 3 aromatic rings. The number of carbonyl (C=O) groups is 2. The Morgan fingerprint density at radius 3 is 2.54 bits per heavy atom. The third-order valence-corrected chi connectivity index (χ3v) is 7.60. The number of halogens is 2. The summed E-state index contributed by atoms with van der Waals surface area (Å²) in [5.41, 5.74) is 0.253. The minimum atomic E-state index is -1.29. The summed E-state index contributed by atoms with van der Waals surface area (Å²) in [5, 5.41) is 12.6. The highest BCUT2D eigenvalue weighted by atomic mass is 127. The van der Waals surface area contributed by atoms with Crippen LogP contribution in [0, 0.1) is 9.39 Å². The van der Waals surface area contributed by atoms with Crippen LogP contribution in [0.3, 0.4) is 0 Å². The maximum atomic E-state index is 15.1. The highest BCUT2D eigenvalue weighted by Crippen LogP contribution is 2.35. The molecule has 0 aliphatic carbocycles. The van der Waals surface area contributed by atoms with E-state index in [1.807, 2.05) is 10.8 Å². The van der Waals surface area contributed by atoms with Gasteiger partial charge in [0.2, 0.25) is 0 Å². The van der Waals surface area contributed by atoms with Crippen molar-refractivity contribution in [1.82, 2.24) is 14.9 Å². The second kappa shape index (κ2) is 12.7. The predicted molar refractivity (Wildman–Crippen MR) is 160 cm³/mol. The van der Waals surface area contributed by atoms with Crippen molar-refractivity contribution in [2.45, 2.75) is 45.6 Å². The van der Waals surface area contributed by atoms with E-state index in [-0.39, 0.29) is 12.2 Å². The number of nitrogens with zero attached hydrogens (tertiary/aromatic N) is 2. The molecule has 0 unspecified atom stereocenters. The molecule has 0 radical (unpaired) electrons. The first kappa shape index (κ1) is 31.0. The number of nitrogens with one attached hydrogen (secondary N) is 1. The molecule has 1 aromatic carbocycles. The van der Waals surface area contributed by atoms with Crippen LogP contribution in [0.15, 0.2) is 36.7 Å². The molecule has 2 N–H and O–H groups in total. The van der Waals surface area contributed by atoms with Crippen molar-refractivity contribution in [2.75, 3.05) is 31.1 Å². The molecule has 2 aromatic heterocycles.